The van der Waals surface area contributed by atoms with Crippen molar-refractivity contribution in [3.63, 3.8) is 0 Å². The van der Waals surface area contributed by atoms with Crippen molar-refractivity contribution in [1.82, 2.24) is 5.32 Å². The van der Waals surface area contributed by atoms with Crippen LogP contribution >= 0.6 is 0 Å². The van der Waals surface area contributed by atoms with Crippen molar-refractivity contribution in [1.29, 1.82) is 5.26 Å². The molecule has 20 heavy (non-hydrogen) atoms. The first-order valence-electron chi connectivity index (χ1n) is 5.95. The van der Waals surface area contributed by atoms with Crippen LogP contribution in [0.2, 0.25) is 0 Å². The molecule has 1 N–H and O–H groups in total. The van der Waals surface area contributed by atoms with E-state index in [0.29, 0.717) is 5.56 Å². The average molecular weight is 278 g/mol. The molecule has 0 spiro atoms. The van der Waals surface area contributed by atoms with Gasteiger partial charge in [-0.05, 0) is 19.1 Å². The van der Waals surface area contributed by atoms with Gasteiger partial charge in [0, 0.05) is 26.9 Å². The Morgan fingerprint density at radius 3 is 2.10 bits per heavy atom. The van der Waals surface area contributed by atoms with Gasteiger partial charge in [0.1, 0.15) is 0 Å². The van der Waals surface area contributed by atoms with Crippen LogP contribution in [0.4, 0.5) is 0 Å². The molecule has 0 bridgehead atoms. The Morgan fingerprint density at radius 1 is 1.20 bits per heavy atom. The third kappa shape index (κ3) is 3.33. The fourth-order valence-electron chi connectivity index (χ4n) is 1.72. The molecule has 0 aliphatic carbocycles. The first-order valence-corrected chi connectivity index (χ1v) is 5.95. The number of nitriles is 1. The second-order valence-corrected chi connectivity index (χ2v) is 4.12. The van der Waals surface area contributed by atoms with Crippen molar-refractivity contribution in [3.8, 4) is 6.07 Å². The number of rotatable bonds is 6. The number of carbonyl (C=O) groups excluding carboxylic acids is 1. The molecule has 0 heterocycles. The summed E-state index contributed by atoms with van der Waals surface area (Å²) in [5.74, 6) is -2.05. The lowest BCUT2D eigenvalue weighted by Crippen LogP contribution is -2.55. The summed E-state index contributed by atoms with van der Waals surface area (Å²) in [6, 6.07) is 7.76. The van der Waals surface area contributed by atoms with E-state index in [4.69, 9.17) is 14.2 Å². The minimum Gasteiger partial charge on any atom is -0.330 e. The van der Waals surface area contributed by atoms with Crippen molar-refractivity contribution < 1.29 is 19.0 Å². The van der Waals surface area contributed by atoms with E-state index in [1.807, 2.05) is 25.1 Å². The van der Waals surface area contributed by atoms with E-state index in [9.17, 15) is 10.1 Å². The maximum absolute atomic E-state index is 12.1. The molecule has 0 saturated carbocycles. The van der Waals surface area contributed by atoms with Gasteiger partial charge in [-0.15, -0.1) is 0 Å². The van der Waals surface area contributed by atoms with Crippen LogP contribution in [0, 0.1) is 18.3 Å². The molecule has 0 radical (unpaired) electrons. The van der Waals surface area contributed by atoms with Crippen molar-refractivity contribution in [2.45, 2.75) is 18.9 Å². The van der Waals surface area contributed by atoms with E-state index in [0.717, 1.165) is 5.56 Å². The molecule has 0 aliphatic rings. The molecule has 0 aromatic heterocycles. The van der Waals surface area contributed by atoms with E-state index < -0.39 is 17.9 Å². The van der Waals surface area contributed by atoms with Crippen molar-refractivity contribution >= 4 is 5.91 Å². The molecule has 0 aliphatic heterocycles. The third-order valence-corrected chi connectivity index (χ3v) is 2.93. The molecular weight excluding hydrogens is 260 g/mol. The Hall–Kier alpha value is -1.94. The van der Waals surface area contributed by atoms with Crippen LogP contribution in [0.15, 0.2) is 24.3 Å². The number of amides is 1. The van der Waals surface area contributed by atoms with Gasteiger partial charge in [0.15, 0.2) is 6.04 Å². The first kappa shape index (κ1) is 16.1. The molecule has 6 heteroatoms. The maximum Gasteiger partial charge on any atom is 0.318 e. The molecule has 108 valence electrons. The Kier molecular flexibility index (Phi) is 5.65. The summed E-state index contributed by atoms with van der Waals surface area (Å²) in [5, 5.41) is 11.7. The second kappa shape index (κ2) is 7.01. The molecule has 0 fully saturated rings. The lowest BCUT2D eigenvalue weighted by molar-refractivity contribution is -0.357. The fourth-order valence-corrected chi connectivity index (χ4v) is 1.72. The Balaban J connectivity index is 2.91. The molecule has 1 atom stereocenters. The summed E-state index contributed by atoms with van der Waals surface area (Å²) in [4.78, 5) is 12.1. The van der Waals surface area contributed by atoms with E-state index >= 15 is 0 Å². The topological polar surface area (TPSA) is 80.6 Å². The SMILES string of the molecule is COC(OC)(OC)C(C#N)NC(=O)c1ccc(C)cc1. The minimum absolute atomic E-state index is 0.410. The number of ether oxygens (including phenoxy) is 3. The van der Waals surface area contributed by atoms with Crippen LogP contribution < -0.4 is 5.32 Å². The Morgan fingerprint density at radius 2 is 1.70 bits per heavy atom. The van der Waals surface area contributed by atoms with Gasteiger partial charge in [-0.1, -0.05) is 17.7 Å². The van der Waals surface area contributed by atoms with Crippen LogP contribution in [0.5, 0.6) is 0 Å². The van der Waals surface area contributed by atoms with Gasteiger partial charge in [0.25, 0.3) is 5.91 Å². The predicted octanol–water partition coefficient (Wildman–Crippen LogP) is 1.21. The van der Waals surface area contributed by atoms with Gasteiger partial charge < -0.3 is 19.5 Å². The summed E-state index contributed by atoms with van der Waals surface area (Å²) in [6.45, 7) is 1.92. The monoisotopic (exact) mass is 278 g/mol. The van der Waals surface area contributed by atoms with E-state index in [-0.39, 0.29) is 0 Å². The molecule has 1 aromatic rings. The van der Waals surface area contributed by atoms with E-state index in [1.165, 1.54) is 21.3 Å². The van der Waals surface area contributed by atoms with E-state index in [2.05, 4.69) is 5.32 Å². The summed E-state index contributed by atoms with van der Waals surface area (Å²) in [7, 11) is 3.99. The second-order valence-electron chi connectivity index (χ2n) is 4.12. The minimum atomic E-state index is -1.64. The molecule has 1 aromatic carbocycles. The standard InChI is InChI=1S/C14H18N2O4/c1-10-5-7-11(8-6-10)13(17)16-12(9-15)14(18-2,19-3)20-4/h5-8,12H,1-4H3,(H,16,17). The van der Waals surface area contributed by atoms with Crippen LogP contribution in [0.3, 0.4) is 0 Å². The molecule has 1 amide bonds. The number of hydrogen-bond acceptors (Lipinski definition) is 5. The van der Waals surface area contributed by atoms with Crippen LogP contribution in [0.1, 0.15) is 15.9 Å². The quantitative estimate of drug-likeness (QED) is 0.791. The van der Waals surface area contributed by atoms with E-state index in [1.54, 1.807) is 12.1 Å². The maximum atomic E-state index is 12.1. The summed E-state index contributed by atoms with van der Waals surface area (Å²) < 4.78 is 15.2. The van der Waals surface area contributed by atoms with Gasteiger partial charge in [-0.3, -0.25) is 4.79 Å². The van der Waals surface area contributed by atoms with Gasteiger partial charge in [0.2, 0.25) is 0 Å². The molecule has 6 nitrogen and oxygen atoms in total. The highest BCUT2D eigenvalue weighted by Gasteiger charge is 2.42. The van der Waals surface area contributed by atoms with Crippen LogP contribution in [0.25, 0.3) is 0 Å². The lowest BCUT2D eigenvalue weighted by Gasteiger charge is -2.32. The van der Waals surface area contributed by atoms with Crippen molar-refractivity contribution in [2.75, 3.05) is 21.3 Å². The van der Waals surface area contributed by atoms with Gasteiger partial charge in [-0.25, -0.2) is 0 Å². The summed E-state index contributed by atoms with van der Waals surface area (Å²) in [6.07, 6.45) is 0. The lowest BCUT2D eigenvalue weighted by atomic mass is 10.1. The Bertz CT molecular complexity index is 481. The number of carbonyl (C=O) groups is 1. The molecule has 0 saturated heterocycles. The normalized spacial score (nSPS) is 12.6. The van der Waals surface area contributed by atoms with Crippen LogP contribution in [-0.2, 0) is 14.2 Å². The highest BCUT2D eigenvalue weighted by atomic mass is 16.9. The number of nitrogens with one attached hydrogen (secondary N) is 1. The zero-order valence-electron chi connectivity index (χ0n) is 12.0. The molecule has 1 rings (SSSR count). The zero-order valence-corrected chi connectivity index (χ0v) is 12.0. The number of benzene rings is 1. The highest BCUT2D eigenvalue weighted by Crippen LogP contribution is 2.18. The van der Waals surface area contributed by atoms with Gasteiger partial charge in [0.05, 0.1) is 6.07 Å². The molecule has 1 unspecified atom stereocenters. The highest BCUT2D eigenvalue weighted by molar-refractivity contribution is 5.94. The number of hydrogen-bond donors (Lipinski definition) is 1. The van der Waals surface area contributed by atoms with Gasteiger partial charge in [-0.2, -0.15) is 5.26 Å². The number of nitrogens with zero attached hydrogens (tertiary/aromatic N) is 1. The van der Waals surface area contributed by atoms with Crippen LogP contribution in [-0.4, -0.2) is 39.3 Å². The predicted molar refractivity (Wildman–Crippen MR) is 71.8 cm³/mol. The van der Waals surface area contributed by atoms with Crippen molar-refractivity contribution in [2.24, 2.45) is 0 Å². The number of aryl methyl sites for hydroxylation is 1. The van der Waals surface area contributed by atoms with Gasteiger partial charge >= 0.3 is 5.97 Å². The molecular formula is C14H18N2O4. The summed E-state index contributed by atoms with van der Waals surface area (Å²) >= 11 is 0. The Labute approximate surface area is 118 Å². The zero-order chi connectivity index (χ0) is 15.2. The average Bonchev–Trinajstić information content (AvgIpc) is 2.48. The van der Waals surface area contributed by atoms with Crippen molar-refractivity contribution in [3.05, 3.63) is 35.4 Å². The third-order valence-electron chi connectivity index (χ3n) is 2.93. The largest absolute Gasteiger partial charge is 0.330 e. The first-order chi connectivity index (χ1) is 9.52. The smallest absolute Gasteiger partial charge is 0.318 e. The summed E-state index contributed by atoms with van der Waals surface area (Å²) in [5.41, 5.74) is 1.48. The fraction of sp³-hybridized carbons (Fsp3) is 0.429. The number of methoxy groups -OCH3 is 3.